The standard InChI is InChI=1S/C33H23N3O/c1-2-9-22(10-3-1)33-34-19-20-35(33)23-17-18-25-24-11-4-6-14-28(24)36(30(25)21-23)29-15-8-13-27-26-12-5-7-16-31(26)37-32(27)29/h1-21,33-34H. The van der Waals surface area contributed by atoms with E-state index in [1.54, 1.807) is 0 Å². The van der Waals surface area contributed by atoms with E-state index in [1.807, 2.05) is 18.3 Å². The van der Waals surface area contributed by atoms with Crippen LogP contribution in [0.1, 0.15) is 11.7 Å². The molecule has 1 aliphatic heterocycles. The van der Waals surface area contributed by atoms with Gasteiger partial charge in [0.2, 0.25) is 0 Å². The van der Waals surface area contributed by atoms with E-state index < -0.39 is 0 Å². The molecule has 0 bridgehead atoms. The van der Waals surface area contributed by atoms with E-state index >= 15 is 0 Å². The van der Waals surface area contributed by atoms with Crippen molar-refractivity contribution in [1.29, 1.82) is 0 Å². The largest absolute Gasteiger partial charge is 0.454 e. The maximum absolute atomic E-state index is 6.46. The molecule has 1 aliphatic rings. The monoisotopic (exact) mass is 477 g/mol. The van der Waals surface area contributed by atoms with Gasteiger partial charge in [-0.1, -0.05) is 84.9 Å². The molecule has 0 radical (unpaired) electrons. The third-order valence-corrected chi connectivity index (χ3v) is 7.46. The van der Waals surface area contributed by atoms with Crippen LogP contribution in [0.25, 0.3) is 49.4 Å². The second-order valence-electron chi connectivity index (χ2n) is 9.51. The summed E-state index contributed by atoms with van der Waals surface area (Å²) in [6, 6.07) is 40.6. The fraction of sp³-hybridized carbons (Fsp3) is 0.0303. The molecule has 176 valence electrons. The average molecular weight is 478 g/mol. The summed E-state index contributed by atoms with van der Waals surface area (Å²) < 4.78 is 8.81. The van der Waals surface area contributed by atoms with E-state index in [0.29, 0.717) is 0 Å². The van der Waals surface area contributed by atoms with Gasteiger partial charge in [-0.2, -0.15) is 0 Å². The zero-order valence-corrected chi connectivity index (χ0v) is 20.0. The summed E-state index contributed by atoms with van der Waals surface area (Å²) in [5.74, 6) is 0. The van der Waals surface area contributed by atoms with Crippen molar-refractivity contribution in [3.63, 3.8) is 0 Å². The van der Waals surface area contributed by atoms with Crippen LogP contribution in [0.2, 0.25) is 0 Å². The zero-order chi connectivity index (χ0) is 24.3. The molecule has 2 aromatic heterocycles. The zero-order valence-electron chi connectivity index (χ0n) is 20.0. The summed E-state index contributed by atoms with van der Waals surface area (Å²) in [6.07, 6.45) is 4.19. The summed E-state index contributed by atoms with van der Waals surface area (Å²) in [5, 5.41) is 8.22. The molecule has 37 heavy (non-hydrogen) atoms. The Bertz CT molecular complexity index is 1980. The highest BCUT2D eigenvalue weighted by atomic mass is 16.3. The van der Waals surface area contributed by atoms with Gasteiger partial charge in [0.1, 0.15) is 11.7 Å². The summed E-state index contributed by atoms with van der Waals surface area (Å²) in [6.45, 7) is 0. The third kappa shape index (κ3) is 2.96. The molecule has 0 saturated carbocycles. The Kier molecular flexibility index (Phi) is 4.25. The average Bonchev–Trinajstić information content (AvgIpc) is 3.67. The molecule has 0 fully saturated rings. The van der Waals surface area contributed by atoms with Crippen molar-refractivity contribution in [1.82, 2.24) is 9.88 Å². The third-order valence-electron chi connectivity index (χ3n) is 7.46. The van der Waals surface area contributed by atoms with Crippen molar-refractivity contribution < 1.29 is 4.42 Å². The van der Waals surface area contributed by atoms with Crippen LogP contribution < -0.4 is 10.2 Å². The Morgan fingerprint density at radius 1 is 0.622 bits per heavy atom. The molecule has 3 heterocycles. The number of furan rings is 1. The molecule has 4 nitrogen and oxygen atoms in total. The second-order valence-corrected chi connectivity index (χ2v) is 9.51. The SMILES string of the molecule is C1=CN(c2ccc3c4ccccc4n(-c4cccc5c4oc4ccccc45)c3c2)C(c2ccccc2)N1. The molecule has 1 unspecified atom stereocenters. The maximum Gasteiger partial charge on any atom is 0.159 e. The molecular formula is C33H23N3O. The molecule has 0 spiro atoms. The first kappa shape index (κ1) is 20.3. The lowest BCUT2D eigenvalue weighted by atomic mass is 10.1. The van der Waals surface area contributed by atoms with Crippen LogP contribution in [0, 0.1) is 0 Å². The lowest BCUT2D eigenvalue weighted by Crippen LogP contribution is -2.26. The number of hydrogen-bond donors (Lipinski definition) is 1. The van der Waals surface area contributed by atoms with Crippen LogP contribution in [0.3, 0.4) is 0 Å². The van der Waals surface area contributed by atoms with Gasteiger partial charge in [0.15, 0.2) is 5.58 Å². The summed E-state index contributed by atoms with van der Waals surface area (Å²) in [4.78, 5) is 2.29. The lowest BCUT2D eigenvalue weighted by molar-refractivity contribution is 0.666. The quantitative estimate of drug-likeness (QED) is 0.278. The first-order valence-corrected chi connectivity index (χ1v) is 12.6. The number of nitrogens with one attached hydrogen (secondary N) is 1. The van der Waals surface area contributed by atoms with Crippen LogP contribution >= 0.6 is 0 Å². The number of fused-ring (bicyclic) bond motifs is 6. The molecule has 0 saturated heterocycles. The van der Waals surface area contributed by atoms with Crippen LogP contribution in [-0.4, -0.2) is 4.57 Å². The first-order valence-electron chi connectivity index (χ1n) is 12.6. The highest BCUT2D eigenvalue weighted by Gasteiger charge is 2.24. The van der Waals surface area contributed by atoms with Crippen LogP contribution in [0.15, 0.2) is 132 Å². The fourth-order valence-electron chi connectivity index (χ4n) is 5.80. The van der Waals surface area contributed by atoms with Crippen molar-refractivity contribution >= 4 is 49.4 Å². The molecule has 5 aromatic carbocycles. The lowest BCUT2D eigenvalue weighted by Gasteiger charge is -2.26. The molecule has 1 atom stereocenters. The molecule has 0 amide bonds. The van der Waals surface area contributed by atoms with Gasteiger partial charge in [0, 0.05) is 39.6 Å². The number of benzene rings is 5. The smallest absolute Gasteiger partial charge is 0.159 e. The molecule has 4 heteroatoms. The number of anilines is 1. The van der Waals surface area contributed by atoms with E-state index in [4.69, 9.17) is 4.42 Å². The van der Waals surface area contributed by atoms with Crippen molar-refractivity contribution in [2.75, 3.05) is 4.90 Å². The Labute approximate surface area is 213 Å². The number of nitrogens with zero attached hydrogens (tertiary/aromatic N) is 2. The van der Waals surface area contributed by atoms with E-state index in [9.17, 15) is 0 Å². The van der Waals surface area contributed by atoms with Crippen molar-refractivity contribution in [3.05, 3.63) is 133 Å². The second kappa shape index (κ2) is 7.77. The normalized spacial score (nSPS) is 15.4. The number of para-hydroxylation sites is 3. The minimum Gasteiger partial charge on any atom is -0.454 e. The predicted molar refractivity (Wildman–Crippen MR) is 152 cm³/mol. The van der Waals surface area contributed by atoms with Crippen LogP contribution in [0.4, 0.5) is 5.69 Å². The van der Waals surface area contributed by atoms with E-state index in [0.717, 1.165) is 44.3 Å². The van der Waals surface area contributed by atoms with Gasteiger partial charge in [-0.15, -0.1) is 0 Å². The van der Waals surface area contributed by atoms with Gasteiger partial charge >= 0.3 is 0 Å². The van der Waals surface area contributed by atoms with Crippen LogP contribution in [-0.2, 0) is 0 Å². The molecule has 0 aliphatic carbocycles. The van der Waals surface area contributed by atoms with Crippen LogP contribution in [0.5, 0.6) is 0 Å². The number of rotatable bonds is 3. The van der Waals surface area contributed by atoms with E-state index in [-0.39, 0.29) is 6.17 Å². The van der Waals surface area contributed by atoms with Crippen molar-refractivity contribution in [2.24, 2.45) is 0 Å². The minimum absolute atomic E-state index is 0.0512. The molecule has 1 N–H and O–H groups in total. The Morgan fingerprint density at radius 2 is 1.38 bits per heavy atom. The fourth-order valence-corrected chi connectivity index (χ4v) is 5.80. The highest BCUT2D eigenvalue weighted by molar-refractivity contribution is 6.13. The highest BCUT2D eigenvalue weighted by Crippen LogP contribution is 2.40. The summed E-state index contributed by atoms with van der Waals surface area (Å²) >= 11 is 0. The number of aromatic nitrogens is 1. The van der Waals surface area contributed by atoms with Gasteiger partial charge in [-0.25, -0.2) is 0 Å². The molecule has 8 rings (SSSR count). The Morgan fingerprint density at radius 3 is 2.30 bits per heavy atom. The topological polar surface area (TPSA) is 33.3 Å². The van der Waals surface area contributed by atoms with E-state index in [1.165, 1.54) is 16.3 Å². The molecule has 7 aromatic rings. The van der Waals surface area contributed by atoms with Gasteiger partial charge in [-0.05, 0) is 35.9 Å². The minimum atomic E-state index is 0.0512. The maximum atomic E-state index is 6.46. The predicted octanol–water partition coefficient (Wildman–Crippen LogP) is 8.26. The van der Waals surface area contributed by atoms with Gasteiger partial charge in [0.25, 0.3) is 0 Å². The van der Waals surface area contributed by atoms with Gasteiger partial charge in [0.05, 0.1) is 16.7 Å². The van der Waals surface area contributed by atoms with E-state index in [2.05, 4.69) is 124 Å². The Hall–Kier alpha value is -4.96. The first-order chi connectivity index (χ1) is 18.4. The Balaban J connectivity index is 1.39. The van der Waals surface area contributed by atoms with Gasteiger partial charge < -0.3 is 19.2 Å². The number of hydrogen-bond acceptors (Lipinski definition) is 3. The van der Waals surface area contributed by atoms with Gasteiger partial charge in [-0.3, -0.25) is 0 Å². The van der Waals surface area contributed by atoms with Crippen molar-refractivity contribution in [2.45, 2.75) is 6.17 Å². The summed E-state index contributed by atoms with van der Waals surface area (Å²) in [7, 11) is 0. The van der Waals surface area contributed by atoms with Crippen molar-refractivity contribution in [3.8, 4) is 5.69 Å². The summed E-state index contributed by atoms with van der Waals surface area (Å²) in [5.41, 5.74) is 7.53. The molecular weight excluding hydrogens is 454 g/mol.